The van der Waals surface area contributed by atoms with Gasteiger partial charge in [0.15, 0.2) is 5.69 Å². The summed E-state index contributed by atoms with van der Waals surface area (Å²) in [5, 5.41) is 9.73. The maximum atomic E-state index is 11.7. The summed E-state index contributed by atoms with van der Waals surface area (Å²) in [6.07, 6.45) is 5.68. The van der Waals surface area contributed by atoms with Crippen molar-refractivity contribution in [2.45, 2.75) is 12.8 Å². The van der Waals surface area contributed by atoms with Gasteiger partial charge in [0.25, 0.3) is 5.91 Å². The molecule has 1 aromatic rings. The zero-order valence-corrected chi connectivity index (χ0v) is 7.23. The first-order valence-electron chi connectivity index (χ1n) is 4.35. The second kappa shape index (κ2) is 3.55. The summed E-state index contributed by atoms with van der Waals surface area (Å²) >= 11 is 0. The lowest BCUT2D eigenvalue weighted by atomic mass is 10.1. The van der Waals surface area contributed by atoms with Crippen molar-refractivity contribution in [2.75, 3.05) is 13.1 Å². The highest BCUT2D eigenvalue weighted by Crippen LogP contribution is 2.10. The molecule has 0 unspecified atom stereocenters. The molecule has 1 radical (unpaired) electrons. The van der Waals surface area contributed by atoms with E-state index in [-0.39, 0.29) is 5.91 Å². The first-order chi connectivity index (χ1) is 6.38. The standard InChI is InChI=1S/C8H11N4O/c13-8(7-6-9-11-10-7)12-4-2-1-3-5-12/h1,6H,2-5H2,(H,9,10,11). The molecule has 5 heteroatoms. The molecule has 0 aliphatic carbocycles. The Balaban J connectivity index is 2.04. The van der Waals surface area contributed by atoms with Crippen LogP contribution in [0.4, 0.5) is 0 Å². The van der Waals surface area contributed by atoms with Crippen molar-refractivity contribution in [3.05, 3.63) is 18.3 Å². The summed E-state index contributed by atoms with van der Waals surface area (Å²) in [6, 6.07) is 0. The second-order valence-electron chi connectivity index (χ2n) is 3.02. The largest absolute Gasteiger partial charge is 0.337 e. The molecular weight excluding hydrogens is 168 g/mol. The van der Waals surface area contributed by atoms with Crippen LogP contribution >= 0.6 is 0 Å². The Kier molecular flexibility index (Phi) is 2.25. The minimum atomic E-state index is -0.0261. The first kappa shape index (κ1) is 8.22. The number of nitrogens with zero attached hydrogens (tertiary/aromatic N) is 3. The molecular formula is C8H11N4O. The van der Waals surface area contributed by atoms with Crippen LogP contribution in [0, 0.1) is 6.42 Å². The molecule has 0 bridgehead atoms. The minimum Gasteiger partial charge on any atom is -0.337 e. The molecule has 0 aromatic carbocycles. The summed E-state index contributed by atoms with van der Waals surface area (Å²) < 4.78 is 0. The molecule has 1 aliphatic heterocycles. The normalized spacial score (nSPS) is 17.4. The van der Waals surface area contributed by atoms with Gasteiger partial charge in [-0.05, 0) is 19.3 Å². The molecule has 0 saturated carbocycles. The van der Waals surface area contributed by atoms with Crippen LogP contribution in [0.5, 0.6) is 0 Å². The maximum absolute atomic E-state index is 11.7. The molecule has 1 amide bonds. The SMILES string of the molecule is O=C(c1c[nH]nn1)N1CC[CH]CC1. The van der Waals surface area contributed by atoms with Gasteiger partial charge in [-0.2, -0.15) is 0 Å². The Hall–Kier alpha value is -1.39. The van der Waals surface area contributed by atoms with Gasteiger partial charge in [-0.25, -0.2) is 0 Å². The van der Waals surface area contributed by atoms with Gasteiger partial charge in [-0.15, -0.1) is 5.10 Å². The lowest BCUT2D eigenvalue weighted by Crippen LogP contribution is -2.35. The van der Waals surface area contributed by atoms with E-state index in [2.05, 4.69) is 21.8 Å². The van der Waals surface area contributed by atoms with E-state index in [1.165, 1.54) is 6.20 Å². The Morgan fingerprint density at radius 3 is 2.85 bits per heavy atom. The van der Waals surface area contributed by atoms with Crippen LogP contribution in [-0.4, -0.2) is 39.3 Å². The van der Waals surface area contributed by atoms with Crippen LogP contribution in [0.3, 0.4) is 0 Å². The topological polar surface area (TPSA) is 61.9 Å². The van der Waals surface area contributed by atoms with Gasteiger partial charge in [-0.3, -0.25) is 9.89 Å². The Bertz CT molecular complexity index is 276. The van der Waals surface area contributed by atoms with E-state index < -0.39 is 0 Å². The number of aromatic amines is 1. The summed E-state index contributed by atoms with van der Waals surface area (Å²) in [5.41, 5.74) is 0.405. The summed E-state index contributed by atoms with van der Waals surface area (Å²) in [7, 11) is 0. The fraction of sp³-hybridized carbons (Fsp3) is 0.500. The number of piperidine rings is 1. The first-order valence-corrected chi connectivity index (χ1v) is 4.35. The average Bonchev–Trinajstić information content (AvgIpc) is 2.71. The van der Waals surface area contributed by atoms with Crippen molar-refractivity contribution >= 4 is 5.91 Å². The van der Waals surface area contributed by atoms with Gasteiger partial charge < -0.3 is 4.90 Å². The number of nitrogens with one attached hydrogen (secondary N) is 1. The van der Waals surface area contributed by atoms with Crippen LogP contribution in [0.15, 0.2) is 6.20 Å². The van der Waals surface area contributed by atoms with Crippen LogP contribution in [0.1, 0.15) is 23.3 Å². The van der Waals surface area contributed by atoms with Crippen molar-refractivity contribution < 1.29 is 4.79 Å². The van der Waals surface area contributed by atoms with Gasteiger partial charge in [0, 0.05) is 13.1 Å². The average molecular weight is 179 g/mol. The van der Waals surface area contributed by atoms with Crippen molar-refractivity contribution in [2.24, 2.45) is 0 Å². The highest BCUT2D eigenvalue weighted by molar-refractivity contribution is 5.91. The Morgan fingerprint density at radius 1 is 1.46 bits per heavy atom. The van der Waals surface area contributed by atoms with E-state index in [1.54, 1.807) is 4.90 Å². The van der Waals surface area contributed by atoms with Crippen LogP contribution in [0.2, 0.25) is 0 Å². The molecule has 1 N–H and O–H groups in total. The monoisotopic (exact) mass is 179 g/mol. The molecule has 1 saturated heterocycles. The van der Waals surface area contributed by atoms with Gasteiger partial charge in [0.2, 0.25) is 0 Å². The summed E-state index contributed by atoms with van der Waals surface area (Å²) in [5.74, 6) is -0.0261. The van der Waals surface area contributed by atoms with Crippen LogP contribution in [0.25, 0.3) is 0 Å². The molecule has 0 atom stereocenters. The van der Waals surface area contributed by atoms with Crippen molar-refractivity contribution in [1.29, 1.82) is 0 Å². The highest BCUT2D eigenvalue weighted by Gasteiger charge is 2.19. The van der Waals surface area contributed by atoms with Gasteiger partial charge in [0.1, 0.15) is 0 Å². The fourth-order valence-electron chi connectivity index (χ4n) is 1.42. The number of likely N-dealkylation sites (tertiary alicyclic amines) is 1. The fourth-order valence-corrected chi connectivity index (χ4v) is 1.42. The number of amides is 1. The summed E-state index contributed by atoms with van der Waals surface area (Å²) in [4.78, 5) is 13.5. The number of carbonyl (C=O) groups is 1. The molecule has 1 aromatic heterocycles. The third-order valence-electron chi connectivity index (χ3n) is 2.13. The predicted octanol–water partition coefficient (Wildman–Crippen LogP) is 0.245. The third-order valence-corrected chi connectivity index (χ3v) is 2.13. The number of aromatic nitrogens is 3. The minimum absolute atomic E-state index is 0.0261. The lowest BCUT2D eigenvalue weighted by Gasteiger charge is -2.25. The zero-order chi connectivity index (χ0) is 9.10. The van der Waals surface area contributed by atoms with Crippen molar-refractivity contribution in [3.63, 3.8) is 0 Å². The number of rotatable bonds is 1. The molecule has 5 nitrogen and oxygen atoms in total. The molecule has 2 heterocycles. The van der Waals surface area contributed by atoms with E-state index in [9.17, 15) is 4.79 Å². The molecule has 2 rings (SSSR count). The molecule has 0 spiro atoms. The van der Waals surface area contributed by atoms with Crippen molar-refractivity contribution in [1.82, 2.24) is 20.3 Å². The van der Waals surface area contributed by atoms with E-state index in [0.29, 0.717) is 5.69 Å². The van der Waals surface area contributed by atoms with Gasteiger partial charge >= 0.3 is 0 Å². The lowest BCUT2D eigenvalue weighted by molar-refractivity contribution is 0.0736. The molecule has 1 fully saturated rings. The summed E-state index contributed by atoms with van der Waals surface area (Å²) in [6.45, 7) is 1.59. The zero-order valence-electron chi connectivity index (χ0n) is 7.23. The van der Waals surface area contributed by atoms with Gasteiger partial charge in [0.05, 0.1) is 6.20 Å². The van der Waals surface area contributed by atoms with Crippen LogP contribution in [-0.2, 0) is 0 Å². The molecule has 69 valence electrons. The predicted molar refractivity (Wildman–Crippen MR) is 45.8 cm³/mol. The van der Waals surface area contributed by atoms with Crippen LogP contribution < -0.4 is 0 Å². The van der Waals surface area contributed by atoms with Crippen molar-refractivity contribution in [3.8, 4) is 0 Å². The van der Waals surface area contributed by atoms with E-state index >= 15 is 0 Å². The highest BCUT2D eigenvalue weighted by atomic mass is 16.2. The Morgan fingerprint density at radius 2 is 2.23 bits per heavy atom. The number of hydrogen-bond donors (Lipinski definition) is 1. The smallest absolute Gasteiger partial charge is 0.276 e. The third kappa shape index (κ3) is 1.68. The van der Waals surface area contributed by atoms with E-state index in [0.717, 1.165) is 25.9 Å². The second-order valence-corrected chi connectivity index (χ2v) is 3.02. The molecule has 1 aliphatic rings. The molecule has 13 heavy (non-hydrogen) atoms. The number of H-pyrrole nitrogens is 1. The maximum Gasteiger partial charge on any atom is 0.276 e. The van der Waals surface area contributed by atoms with E-state index in [4.69, 9.17) is 0 Å². The number of carbonyl (C=O) groups excluding carboxylic acids is 1. The van der Waals surface area contributed by atoms with Gasteiger partial charge in [-0.1, -0.05) is 5.21 Å². The quantitative estimate of drug-likeness (QED) is 0.672. The van der Waals surface area contributed by atoms with E-state index in [1.807, 2.05) is 0 Å². The number of hydrogen-bond acceptors (Lipinski definition) is 3. The Labute approximate surface area is 76.1 Å².